The smallest absolute Gasteiger partial charge is 0.00534 e. The molecule has 0 radical (unpaired) electrons. The normalized spacial score (nSPS) is 23.4. The van der Waals surface area contributed by atoms with Crippen LogP contribution < -0.4 is 0 Å². The van der Waals surface area contributed by atoms with Crippen LogP contribution in [0.15, 0.2) is 24.3 Å². The van der Waals surface area contributed by atoms with Crippen LogP contribution in [0.3, 0.4) is 0 Å². The van der Waals surface area contributed by atoms with Crippen molar-refractivity contribution in [3.05, 3.63) is 35.4 Å². The highest BCUT2D eigenvalue weighted by Gasteiger charge is 2.30. The van der Waals surface area contributed by atoms with Crippen molar-refractivity contribution in [1.82, 2.24) is 4.90 Å². The summed E-state index contributed by atoms with van der Waals surface area (Å²) < 4.78 is 0. The SMILES string of the molecule is CC1CN(CCCC(C)(C)C)CC1c1ccc(C(C)(C)C)cc1. The zero-order chi connectivity index (χ0) is 17.3. The van der Waals surface area contributed by atoms with Gasteiger partial charge in [0.25, 0.3) is 0 Å². The number of nitrogens with zero attached hydrogens (tertiary/aromatic N) is 1. The van der Waals surface area contributed by atoms with E-state index in [2.05, 4.69) is 77.6 Å². The van der Waals surface area contributed by atoms with Crippen LogP contribution in [0.4, 0.5) is 0 Å². The average molecular weight is 316 g/mol. The molecule has 1 aromatic rings. The first-order valence-corrected chi connectivity index (χ1v) is 9.39. The van der Waals surface area contributed by atoms with E-state index in [1.165, 1.54) is 43.6 Å². The predicted molar refractivity (Wildman–Crippen MR) is 102 cm³/mol. The molecule has 2 rings (SSSR count). The maximum atomic E-state index is 2.68. The molecule has 1 aromatic carbocycles. The lowest BCUT2D eigenvalue weighted by Gasteiger charge is -2.22. The van der Waals surface area contributed by atoms with E-state index < -0.39 is 0 Å². The fraction of sp³-hybridized carbons (Fsp3) is 0.727. The Kier molecular flexibility index (Phi) is 5.61. The van der Waals surface area contributed by atoms with Crippen LogP contribution in [-0.4, -0.2) is 24.5 Å². The lowest BCUT2D eigenvalue weighted by molar-refractivity contribution is 0.282. The Morgan fingerprint density at radius 1 is 0.957 bits per heavy atom. The van der Waals surface area contributed by atoms with Crippen LogP contribution >= 0.6 is 0 Å². The summed E-state index contributed by atoms with van der Waals surface area (Å²) in [5, 5.41) is 0. The van der Waals surface area contributed by atoms with Gasteiger partial charge in [-0.05, 0) is 47.3 Å². The van der Waals surface area contributed by atoms with E-state index in [-0.39, 0.29) is 5.41 Å². The van der Waals surface area contributed by atoms with Crippen LogP contribution in [0.2, 0.25) is 0 Å². The van der Waals surface area contributed by atoms with E-state index >= 15 is 0 Å². The zero-order valence-corrected chi connectivity index (χ0v) is 16.4. The standard InChI is InChI=1S/C22H37N/c1-17-15-23(14-8-13-21(2,3)4)16-20(17)18-9-11-19(12-10-18)22(5,6)7/h9-12,17,20H,8,13-16H2,1-7H3. The number of hydrogen-bond donors (Lipinski definition) is 0. The molecular weight excluding hydrogens is 278 g/mol. The van der Waals surface area contributed by atoms with E-state index in [1.54, 1.807) is 0 Å². The first-order chi connectivity index (χ1) is 10.6. The van der Waals surface area contributed by atoms with Gasteiger partial charge in [-0.15, -0.1) is 0 Å². The maximum absolute atomic E-state index is 2.68. The molecule has 0 saturated carbocycles. The molecule has 0 aliphatic carbocycles. The second-order valence-electron chi connectivity index (χ2n) is 9.88. The lowest BCUT2D eigenvalue weighted by atomic mass is 9.84. The molecule has 2 unspecified atom stereocenters. The molecule has 23 heavy (non-hydrogen) atoms. The van der Waals surface area contributed by atoms with Gasteiger partial charge in [0.1, 0.15) is 0 Å². The fourth-order valence-electron chi connectivity index (χ4n) is 3.75. The second kappa shape index (κ2) is 6.97. The van der Waals surface area contributed by atoms with Gasteiger partial charge in [-0.2, -0.15) is 0 Å². The Hall–Kier alpha value is -0.820. The van der Waals surface area contributed by atoms with Crippen LogP contribution in [0.5, 0.6) is 0 Å². The fourth-order valence-corrected chi connectivity index (χ4v) is 3.75. The first kappa shape index (κ1) is 18.5. The van der Waals surface area contributed by atoms with Gasteiger partial charge in [0.2, 0.25) is 0 Å². The van der Waals surface area contributed by atoms with Crippen LogP contribution in [-0.2, 0) is 5.41 Å². The number of hydrogen-bond acceptors (Lipinski definition) is 1. The van der Waals surface area contributed by atoms with Crippen LogP contribution in [0.25, 0.3) is 0 Å². The Balaban J connectivity index is 1.93. The van der Waals surface area contributed by atoms with Crippen LogP contribution in [0.1, 0.15) is 78.4 Å². The molecule has 2 atom stereocenters. The Labute approximate surface area is 144 Å². The van der Waals surface area contributed by atoms with Gasteiger partial charge in [-0.1, -0.05) is 72.7 Å². The van der Waals surface area contributed by atoms with E-state index in [1.807, 2.05) is 0 Å². The van der Waals surface area contributed by atoms with Crippen molar-refractivity contribution in [2.75, 3.05) is 19.6 Å². The highest BCUT2D eigenvalue weighted by molar-refractivity contribution is 5.30. The molecule has 1 heterocycles. The highest BCUT2D eigenvalue weighted by Crippen LogP contribution is 2.34. The van der Waals surface area contributed by atoms with Crippen molar-refractivity contribution in [3.8, 4) is 0 Å². The Bertz CT molecular complexity index is 486. The van der Waals surface area contributed by atoms with Gasteiger partial charge in [-0.25, -0.2) is 0 Å². The van der Waals surface area contributed by atoms with Crippen molar-refractivity contribution < 1.29 is 0 Å². The van der Waals surface area contributed by atoms with Crippen molar-refractivity contribution in [2.45, 2.75) is 72.6 Å². The topological polar surface area (TPSA) is 3.24 Å². The molecule has 0 spiro atoms. The molecule has 1 fully saturated rings. The number of rotatable bonds is 4. The summed E-state index contributed by atoms with van der Waals surface area (Å²) >= 11 is 0. The summed E-state index contributed by atoms with van der Waals surface area (Å²) in [5.74, 6) is 1.48. The summed E-state index contributed by atoms with van der Waals surface area (Å²) in [6.45, 7) is 20.1. The summed E-state index contributed by atoms with van der Waals surface area (Å²) in [7, 11) is 0. The lowest BCUT2D eigenvalue weighted by Crippen LogP contribution is -2.23. The summed E-state index contributed by atoms with van der Waals surface area (Å²) in [6, 6.07) is 9.43. The molecule has 130 valence electrons. The molecule has 1 heteroatoms. The monoisotopic (exact) mass is 315 g/mol. The third kappa shape index (κ3) is 5.35. The van der Waals surface area contributed by atoms with Gasteiger partial charge in [0.05, 0.1) is 0 Å². The van der Waals surface area contributed by atoms with E-state index in [4.69, 9.17) is 0 Å². The third-order valence-electron chi connectivity index (χ3n) is 5.29. The van der Waals surface area contributed by atoms with Gasteiger partial charge >= 0.3 is 0 Å². The quantitative estimate of drug-likeness (QED) is 0.674. The molecule has 1 nitrogen and oxygen atoms in total. The molecule has 0 N–H and O–H groups in total. The molecule has 1 aliphatic heterocycles. The minimum atomic E-state index is 0.249. The van der Waals surface area contributed by atoms with Crippen molar-refractivity contribution >= 4 is 0 Å². The van der Waals surface area contributed by atoms with Gasteiger partial charge in [-0.3, -0.25) is 0 Å². The number of benzene rings is 1. The van der Waals surface area contributed by atoms with E-state index in [0.29, 0.717) is 11.3 Å². The largest absolute Gasteiger partial charge is 0.302 e. The minimum Gasteiger partial charge on any atom is -0.302 e. The van der Waals surface area contributed by atoms with Gasteiger partial charge in [0, 0.05) is 19.0 Å². The van der Waals surface area contributed by atoms with Crippen molar-refractivity contribution in [1.29, 1.82) is 0 Å². The first-order valence-electron chi connectivity index (χ1n) is 9.39. The number of likely N-dealkylation sites (tertiary alicyclic amines) is 1. The van der Waals surface area contributed by atoms with Crippen molar-refractivity contribution in [3.63, 3.8) is 0 Å². The second-order valence-corrected chi connectivity index (χ2v) is 9.88. The Morgan fingerprint density at radius 3 is 2.09 bits per heavy atom. The van der Waals surface area contributed by atoms with Crippen LogP contribution in [0, 0.1) is 11.3 Å². The highest BCUT2D eigenvalue weighted by atomic mass is 15.1. The Morgan fingerprint density at radius 2 is 1.57 bits per heavy atom. The summed E-state index contributed by atoms with van der Waals surface area (Å²) in [4.78, 5) is 2.68. The van der Waals surface area contributed by atoms with Gasteiger partial charge in [0.15, 0.2) is 0 Å². The summed E-state index contributed by atoms with van der Waals surface area (Å²) in [5.41, 5.74) is 3.68. The molecule has 0 amide bonds. The molecule has 1 aliphatic rings. The maximum Gasteiger partial charge on any atom is 0.00534 e. The zero-order valence-electron chi connectivity index (χ0n) is 16.4. The van der Waals surface area contributed by atoms with E-state index in [0.717, 1.165) is 5.92 Å². The van der Waals surface area contributed by atoms with E-state index in [9.17, 15) is 0 Å². The molecule has 0 aromatic heterocycles. The third-order valence-corrected chi connectivity index (χ3v) is 5.29. The van der Waals surface area contributed by atoms with Crippen molar-refractivity contribution in [2.24, 2.45) is 11.3 Å². The molecule has 0 bridgehead atoms. The molecular formula is C22H37N. The molecule has 1 saturated heterocycles. The predicted octanol–water partition coefficient (Wildman–Crippen LogP) is 5.85. The average Bonchev–Trinajstić information content (AvgIpc) is 2.77. The summed E-state index contributed by atoms with van der Waals surface area (Å²) in [6.07, 6.45) is 2.65. The van der Waals surface area contributed by atoms with Gasteiger partial charge < -0.3 is 4.90 Å². The minimum absolute atomic E-state index is 0.249.